The normalized spacial score (nSPS) is 14.7. The minimum absolute atomic E-state index is 0.886. The number of hydrogen-bond acceptors (Lipinski definition) is 3. The molecule has 0 amide bonds. The van der Waals surface area contributed by atoms with Crippen molar-refractivity contribution in [2.45, 2.75) is 25.9 Å². The highest BCUT2D eigenvalue weighted by atomic mass is 15.1. The molecule has 0 spiro atoms. The summed E-state index contributed by atoms with van der Waals surface area (Å²) in [4.78, 5) is 6.55. The molecule has 1 aromatic heterocycles. The van der Waals surface area contributed by atoms with Gasteiger partial charge < -0.3 is 10.2 Å². The molecule has 0 aliphatic carbocycles. The van der Waals surface area contributed by atoms with Crippen LogP contribution in [0.2, 0.25) is 0 Å². The minimum Gasteiger partial charge on any atom is -0.371 e. The number of aromatic nitrogens is 1. The van der Waals surface area contributed by atoms with Gasteiger partial charge in [-0.2, -0.15) is 0 Å². The standard InChI is InChI=1S/C17H21N3/c1-2-6-17(20-11-3-4-12-20)16(5-1)14-19-13-15-7-9-18-10-8-15/h1-2,5-10,19H,3-4,11-14H2. The van der Waals surface area contributed by atoms with Gasteiger partial charge in [-0.15, -0.1) is 0 Å². The van der Waals surface area contributed by atoms with E-state index in [0.29, 0.717) is 0 Å². The lowest BCUT2D eigenvalue weighted by molar-refractivity contribution is 0.690. The summed E-state index contributed by atoms with van der Waals surface area (Å²) in [6, 6.07) is 12.9. The van der Waals surface area contributed by atoms with Crippen LogP contribution in [-0.4, -0.2) is 18.1 Å². The molecule has 0 saturated carbocycles. The van der Waals surface area contributed by atoms with E-state index in [1.807, 2.05) is 12.4 Å². The molecule has 2 heterocycles. The molecule has 20 heavy (non-hydrogen) atoms. The molecule has 0 atom stereocenters. The van der Waals surface area contributed by atoms with E-state index < -0.39 is 0 Å². The molecule has 3 nitrogen and oxygen atoms in total. The fraction of sp³-hybridized carbons (Fsp3) is 0.353. The van der Waals surface area contributed by atoms with Crippen LogP contribution in [0.1, 0.15) is 24.0 Å². The Bertz CT molecular complexity index is 533. The van der Waals surface area contributed by atoms with Gasteiger partial charge in [0.2, 0.25) is 0 Å². The van der Waals surface area contributed by atoms with Crippen LogP contribution < -0.4 is 10.2 Å². The Balaban J connectivity index is 1.62. The van der Waals surface area contributed by atoms with Crippen LogP contribution in [0.15, 0.2) is 48.8 Å². The first-order valence-electron chi connectivity index (χ1n) is 7.36. The van der Waals surface area contributed by atoms with Gasteiger partial charge in [-0.05, 0) is 42.2 Å². The molecule has 3 heteroatoms. The average molecular weight is 267 g/mol. The van der Waals surface area contributed by atoms with E-state index in [0.717, 1.165) is 13.1 Å². The van der Waals surface area contributed by atoms with Crippen molar-refractivity contribution in [1.82, 2.24) is 10.3 Å². The average Bonchev–Trinajstić information content (AvgIpc) is 3.03. The van der Waals surface area contributed by atoms with E-state index in [2.05, 4.69) is 51.6 Å². The van der Waals surface area contributed by atoms with Gasteiger partial charge in [-0.1, -0.05) is 18.2 Å². The molecule has 2 aromatic rings. The van der Waals surface area contributed by atoms with E-state index in [1.165, 1.54) is 42.7 Å². The van der Waals surface area contributed by atoms with E-state index >= 15 is 0 Å². The number of rotatable bonds is 5. The van der Waals surface area contributed by atoms with Crippen molar-refractivity contribution in [3.63, 3.8) is 0 Å². The Morgan fingerprint density at radius 2 is 1.70 bits per heavy atom. The third-order valence-corrected chi connectivity index (χ3v) is 3.83. The number of anilines is 1. The number of benzene rings is 1. The van der Waals surface area contributed by atoms with Crippen molar-refractivity contribution in [3.8, 4) is 0 Å². The Kier molecular flexibility index (Phi) is 4.28. The third kappa shape index (κ3) is 3.17. The van der Waals surface area contributed by atoms with Gasteiger partial charge in [-0.3, -0.25) is 4.98 Å². The lowest BCUT2D eigenvalue weighted by Crippen LogP contribution is -2.21. The topological polar surface area (TPSA) is 28.2 Å². The Morgan fingerprint density at radius 1 is 0.950 bits per heavy atom. The second-order valence-corrected chi connectivity index (χ2v) is 5.28. The van der Waals surface area contributed by atoms with Crippen molar-refractivity contribution in [2.24, 2.45) is 0 Å². The zero-order valence-corrected chi connectivity index (χ0v) is 11.8. The first-order chi connectivity index (χ1) is 9.93. The SMILES string of the molecule is c1ccc(N2CCCC2)c(CNCc2ccncc2)c1. The summed E-state index contributed by atoms with van der Waals surface area (Å²) < 4.78 is 0. The number of para-hydroxylation sites is 1. The van der Waals surface area contributed by atoms with Gasteiger partial charge in [0.15, 0.2) is 0 Å². The molecule has 104 valence electrons. The molecule has 1 aliphatic rings. The quantitative estimate of drug-likeness (QED) is 0.902. The highest BCUT2D eigenvalue weighted by Gasteiger charge is 2.14. The smallest absolute Gasteiger partial charge is 0.0411 e. The van der Waals surface area contributed by atoms with Crippen LogP contribution in [0.4, 0.5) is 5.69 Å². The molecule has 1 aliphatic heterocycles. The van der Waals surface area contributed by atoms with Crippen LogP contribution in [0.3, 0.4) is 0 Å². The summed E-state index contributed by atoms with van der Waals surface area (Å²) in [6.45, 7) is 4.19. The molecule has 0 unspecified atom stereocenters. The maximum atomic E-state index is 4.04. The molecule has 0 radical (unpaired) electrons. The molecular formula is C17H21N3. The van der Waals surface area contributed by atoms with Crippen molar-refractivity contribution < 1.29 is 0 Å². The summed E-state index contributed by atoms with van der Waals surface area (Å²) in [5, 5.41) is 3.53. The van der Waals surface area contributed by atoms with Gasteiger partial charge in [0.25, 0.3) is 0 Å². The predicted octanol–water partition coefficient (Wildman–Crippen LogP) is 2.97. The van der Waals surface area contributed by atoms with Gasteiger partial charge in [0.1, 0.15) is 0 Å². The zero-order valence-electron chi connectivity index (χ0n) is 11.8. The number of nitrogens with zero attached hydrogens (tertiary/aromatic N) is 2. The van der Waals surface area contributed by atoms with Crippen molar-refractivity contribution in [2.75, 3.05) is 18.0 Å². The van der Waals surface area contributed by atoms with Crippen LogP contribution in [-0.2, 0) is 13.1 Å². The Morgan fingerprint density at radius 3 is 2.50 bits per heavy atom. The highest BCUT2D eigenvalue weighted by molar-refractivity contribution is 5.54. The minimum atomic E-state index is 0.886. The van der Waals surface area contributed by atoms with Crippen molar-refractivity contribution >= 4 is 5.69 Å². The first-order valence-corrected chi connectivity index (χ1v) is 7.36. The van der Waals surface area contributed by atoms with Crippen LogP contribution >= 0.6 is 0 Å². The maximum Gasteiger partial charge on any atom is 0.0411 e. The summed E-state index contributed by atoms with van der Waals surface area (Å²) >= 11 is 0. The van der Waals surface area contributed by atoms with Gasteiger partial charge in [0.05, 0.1) is 0 Å². The zero-order chi connectivity index (χ0) is 13.6. The second kappa shape index (κ2) is 6.53. The maximum absolute atomic E-state index is 4.04. The van der Waals surface area contributed by atoms with Gasteiger partial charge in [0, 0.05) is 44.3 Å². The van der Waals surface area contributed by atoms with Crippen LogP contribution in [0.5, 0.6) is 0 Å². The van der Waals surface area contributed by atoms with E-state index in [9.17, 15) is 0 Å². The monoisotopic (exact) mass is 267 g/mol. The Hall–Kier alpha value is -1.87. The van der Waals surface area contributed by atoms with Crippen LogP contribution in [0, 0.1) is 0 Å². The molecule has 1 fully saturated rings. The molecule has 1 saturated heterocycles. The Labute approximate surface area is 120 Å². The lowest BCUT2D eigenvalue weighted by atomic mass is 10.1. The number of hydrogen-bond donors (Lipinski definition) is 1. The van der Waals surface area contributed by atoms with E-state index in [4.69, 9.17) is 0 Å². The first kappa shape index (κ1) is 13.1. The summed E-state index contributed by atoms with van der Waals surface area (Å²) in [5.41, 5.74) is 4.06. The summed E-state index contributed by atoms with van der Waals surface area (Å²) in [7, 11) is 0. The summed E-state index contributed by atoms with van der Waals surface area (Å²) in [5.74, 6) is 0. The number of pyridine rings is 1. The predicted molar refractivity (Wildman–Crippen MR) is 82.7 cm³/mol. The highest BCUT2D eigenvalue weighted by Crippen LogP contribution is 2.24. The molecule has 3 rings (SSSR count). The lowest BCUT2D eigenvalue weighted by Gasteiger charge is -2.21. The summed E-state index contributed by atoms with van der Waals surface area (Å²) in [6.07, 6.45) is 6.32. The third-order valence-electron chi connectivity index (χ3n) is 3.83. The molecule has 0 bridgehead atoms. The van der Waals surface area contributed by atoms with Crippen molar-refractivity contribution in [1.29, 1.82) is 0 Å². The molecule has 1 aromatic carbocycles. The van der Waals surface area contributed by atoms with Crippen LogP contribution in [0.25, 0.3) is 0 Å². The second-order valence-electron chi connectivity index (χ2n) is 5.28. The molecular weight excluding hydrogens is 246 g/mol. The van der Waals surface area contributed by atoms with E-state index in [1.54, 1.807) is 0 Å². The number of nitrogens with one attached hydrogen (secondary N) is 1. The van der Waals surface area contributed by atoms with Crippen molar-refractivity contribution in [3.05, 3.63) is 59.9 Å². The fourth-order valence-electron chi connectivity index (χ4n) is 2.77. The largest absolute Gasteiger partial charge is 0.371 e. The van der Waals surface area contributed by atoms with Gasteiger partial charge in [-0.25, -0.2) is 0 Å². The fourth-order valence-corrected chi connectivity index (χ4v) is 2.77. The van der Waals surface area contributed by atoms with E-state index in [-0.39, 0.29) is 0 Å². The molecule has 1 N–H and O–H groups in total. The van der Waals surface area contributed by atoms with Gasteiger partial charge >= 0.3 is 0 Å².